The van der Waals surface area contributed by atoms with Gasteiger partial charge in [-0.1, -0.05) is 36.4 Å². The molecule has 2 aromatic carbocycles. The lowest BCUT2D eigenvalue weighted by molar-refractivity contribution is -0.127. The molecule has 6 nitrogen and oxygen atoms in total. The highest BCUT2D eigenvalue weighted by molar-refractivity contribution is 5.96. The number of carbonyl (C=O) groups is 2. The van der Waals surface area contributed by atoms with E-state index in [9.17, 15) is 9.59 Å². The fraction of sp³-hybridized carbons (Fsp3) is 0.333. The van der Waals surface area contributed by atoms with E-state index in [4.69, 9.17) is 9.15 Å². The van der Waals surface area contributed by atoms with Crippen molar-refractivity contribution in [3.8, 4) is 5.75 Å². The number of hydrogen-bond donors (Lipinski definition) is 1. The summed E-state index contributed by atoms with van der Waals surface area (Å²) in [6.45, 7) is 3.66. The molecule has 1 unspecified atom stereocenters. The number of benzene rings is 2. The van der Waals surface area contributed by atoms with Gasteiger partial charge in [0.25, 0.3) is 11.8 Å². The summed E-state index contributed by atoms with van der Waals surface area (Å²) >= 11 is 0. The van der Waals surface area contributed by atoms with Gasteiger partial charge in [0.1, 0.15) is 11.3 Å². The van der Waals surface area contributed by atoms with Crippen molar-refractivity contribution in [3.05, 3.63) is 66.4 Å². The molecule has 2 heterocycles. The summed E-state index contributed by atoms with van der Waals surface area (Å²) in [7, 11) is 0. The third-order valence-corrected chi connectivity index (χ3v) is 5.53. The van der Waals surface area contributed by atoms with Crippen LogP contribution in [0.15, 0.2) is 65.1 Å². The van der Waals surface area contributed by atoms with Gasteiger partial charge in [-0.05, 0) is 49.9 Å². The molecule has 1 fully saturated rings. The minimum absolute atomic E-state index is 0.0708. The van der Waals surface area contributed by atoms with Gasteiger partial charge in [0.2, 0.25) is 0 Å². The zero-order valence-corrected chi connectivity index (χ0v) is 17.0. The lowest BCUT2D eigenvalue weighted by atomic mass is 9.96. The molecule has 0 radical (unpaired) electrons. The standard InChI is InChI=1S/C24H26N2O4/c1-17(29-20-8-3-2-4-9-20)23(27)25-16-18-11-13-26(14-12-18)24(28)22-15-19-7-5-6-10-21(19)30-22/h2-10,15,17-18H,11-14,16H2,1H3,(H,25,27). The molecule has 156 valence electrons. The van der Waals surface area contributed by atoms with Crippen molar-refractivity contribution in [1.29, 1.82) is 0 Å². The van der Waals surface area contributed by atoms with Crippen LogP contribution >= 0.6 is 0 Å². The normalized spacial score (nSPS) is 15.7. The van der Waals surface area contributed by atoms with Gasteiger partial charge in [0, 0.05) is 25.0 Å². The van der Waals surface area contributed by atoms with Gasteiger partial charge in [-0.2, -0.15) is 0 Å². The number of ether oxygens (including phenoxy) is 1. The van der Waals surface area contributed by atoms with Crippen molar-refractivity contribution in [2.75, 3.05) is 19.6 Å². The summed E-state index contributed by atoms with van der Waals surface area (Å²) in [6.07, 6.45) is 1.14. The Morgan fingerprint density at radius 3 is 2.53 bits per heavy atom. The molecule has 3 aromatic rings. The second kappa shape index (κ2) is 9.03. The number of fused-ring (bicyclic) bond motifs is 1. The SMILES string of the molecule is CC(Oc1ccccc1)C(=O)NCC1CCN(C(=O)c2cc3ccccc3o2)CC1. The highest BCUT2D eigenvalue weighted by atomic mass is 16.5. The Labute approximate surface area is 175 Å². The van der Waals surface area contributed by atoms with Gasteiger partial charge in [-0.25, -0.2) is 0 Å². The summed E-state index contributed by atoms with van der Waals surface area (Å²) in [6, 6.07) is 18.7. The van der Waals surface area contributed by atoms with Crippen molar-refractivity contribution >= 4 is 22.8 Å². The summed E-state index contributed by atoms with van der Waals surface area (Å²) in [5.74, 6) is 1.21. The molecule has 2 amide bonds. The van der Waals surface area contributed by atoms with Crippen molar-refractivity contribution in [3.63, 3.8) is 0 Å². The summed E-state index contributed by atoms with van der Waals surface area (Å²) in [5, 5.41) is 3.92. The molecule has 0 spiro atoms. The minimum atomic E-state index is -0.554. The largest absolute Gasteiger partial charge is 0.481 e. The fourth-order valence-electron chi connectivity index (χ4n) is 3.73. The van der Waals surface area contributed by atoms with Crippen LogP contribution in [0, 0.1) is 5.92 Å². The second-order valence-electron chi connectivity index (χ2n) is 7.70. The third-order valence-electron chi connectivity index (χ3n) is 5.53. The number of carbonyl (C=O) groups excluding carboxylic acids is 2. The number of hydrogen-bond acceptors (Lipinski definition) is 4. The molecular formula is C24H26N2O4. The van der Waals surface area contributed by atoms with E-state index in [0.717, 1.165) is 23.8 Å². The van der Waals surface area contributed by atoms with E-state index in [0.29, 0.717) is 37.1 Å². The second-order valence-corrected chi connectivity index (χ2v) is 7.70. The van der Waals surface area contributed by atoms with Crippen molar-refractivity contribution in [2.24, 2.45) is 5.92 Å². The molecule has 1 aliphatic heterocycles. The Morgan fingerprint density at radius 2 is 1.80 bits per heavy atom. The van der Waals surface area contributed by atoms with Gasteiger partial charge in [-0.15, -0.1) is 0 Å². The van der Waals surface area contributed by atoms with Crippen LogP contribution in [0.1, 0.15) is 30.3 Å². The topological polar surface area (TPSA) is 71.8 Å². The number of nitrogens with one attached hydrogen (secondary N) is 1. The van der Waals surface area contributed by atoms with E-state index in [-0.39, 0.29) is 11.8 Å². The van der Waals surface area contributed by atoms with Crippen molar-refractivity contribution in [2.45, 2.75) is 25.9 Å². The minimum Gasteiger partial charge on any atom is -0.481 e. The maximum absolute atomic E-state index is 12.8. The predicted molar refractivity (Wildman–Crippen MR) is 114 cm³/mol. The zero-order chi connectivity index (χ0) is 20.9. The van der Waals surface area contributed by atoms with E-state index in [1.54, 1.807) is 13.0 Å². The van der Waals surface area contributed by atoms with Gasteiger partial charge in [-0.3, -0.25) is 9.59 Å². The van der Waals surface area contributed by atoms with E-state index < -0.39 is 6.10 Å². The Balaban J connectivity index is 1.23. The zero-order valence-electron chi connectivity index (χ0n) is 17.0. The van der Waals surface area contributed by atoms with Crippen molar-refractivity contribution < 1.29 is 18.7 Å². The van der Waals surface area contributed by atoms with Crippen LogP contribution in [-0.4, -0.2) is 42.5 Å². The van der Waals surface area contributed by atoms with Crippen LogP contribution in [0.2, 0.25) is 0 Å². The Bertz CT molecular complexity index is 973. The van der Waals surface area contributed by atoms with Crippen LogP contribution in [0.4, 0.5) is 0 Å². The first-order valence-electron chi connectivity index (χ1n) is 10.4. The maximum Gasteiger partial charge on any atom is 0.289 e. The average molecular weight is 406 g/mol. The molecule has 0 aliphatic carbocycles. The molecule has 1 saturated heterocycles. The summed E-state index contributed by atoms with van der Waals surface area (Å²) < 4.78 is 11.4. The molecule has 30 heavy (non-hydrogen) atoms. The smallest absolute Gasteiger partial charge is 0.289 e. The van der Waals surface area contributed by atoms with Crippen LogP contribution in [-0.2, 0) is 4.79 Å². The van der Waals surface area contributed by atoms with Crippen LogP contribution in [0.3, 0.4) is 0 Å². The lowest BCUT2D eigenvalue weighted by Crippen LogP contribution is -2.43. The van der Waals surface area contributed by atoms with E-state index in [1.807, 2.05) is 59.5 Å². The molecule has 1 aromatic heterocycles. The molecular weight excluding hydrogens is 380 g/mol. The fourth-order valence-corrected chi connectivity index (χ4v) is 3.73. The molecule has 0 bridgehead atoms. The first-order valence-corrected chi connectivity index (χ1v) is 10.4. The molecule has 0 saturated carbocycles. The van der Waals surface area contributed by atoms with E-state index >= 15 is 0 Å². The first-order chi connectivity index (χ1) is 14.6. The average Bonchev–Trinajstić information content (AvgIpc) is 3.22. The van der Waals surface area contributed by atoms with E-state index in [2.05, 4.69) is 5.32 Å². The predicted octanol–water partition coefficient (Wildman–Crippen LogP) is 3.87. The summed E-state index contributed by atoms with van der Waals surface area (Å²) in [5.41, 5.74) is 0.727. The first kappa shape index (κ1) is 20.0. The third kappa shape index (κ3) is 4.64. The highest BCUT2D eigenvalue weighted by Gasteiger charge is 2.26. The van der Waals surface area contributed by atoms with E-state index in [1.165, 1.54) is 0 Å². The molecule has 1 atom stereocenters. The lowest BCUT2D eigenvalue weighted by Gasteiger charge is -2.31. The number of nitrogens with zero attached hydrogens (tertiary/aromatic N) is 1. The highest BCUT2D eigenvalue weighted by Crippen LogP contribution is 2.23. The van der Waals surface area contributed by atoms with Gasteiger partial charge >= 0.3 is 0 Å². The molecule has 4 rings (SSSR count). The number of piperidine rings is 1. The molecule has 6 heteroatoms. The number of para-hydroxylation sites is 2. The Morgan fingerprint density at radius 1 is 1.10 bits per heavy atom. The number of furan rings is 1. The summed E-state index contributed by atoms with van der Waals surface area (Å²) in [4.78, 5) is 26.9. The maximum atomic E-state index is 12.8. The van der Waals surface area contributed by atoms with Crippen LogP contribution < -0.4 is 10.1 Å². The van der Waals surface area contributed by atoms with Crippen LogP contribution in [0.5, 0.6) is 5.75 Å². The van der Waals surface area contributed by atoms with Gasteiger partial charge in [0.05, 0.1) is 0 Å². The number of rotatable bonds is 6. The van der Waals surface area contributed by atoms with Crippen molar-refractivity contribution in [1.82, 2.24) is 10.2 Å². The van der Waals surface area contributed by atoms with Crippen LogP contribution in [0.25, 0.3) is 11.0 Å². The molecule has 1 N–H and O–H groups in total. The Kier molecular flexibility index (Phi) is 6.02. The monoisotopic (exact) mass is 406 g/mol. The van der Waals surface area contributed by atoms with Gasteiger partial charge < -0.3 is 19.4 Å². The number of amides is 2. The Hall–Kier alpha value is -3.28. The van der Waals surface area contributed by atoms with Gasteiger partial charge in [0.15, 0.2) is 11.9 Å². The quantitative estimate of drug-likeness (QED) is 0.675. The molecule has 1 aliphatic rings. The number of likely N-dealkylation sites (tertiary alicyclic amines) is 1.